The number of hydrogen-bond donors (Lipinski definition) is 1. The molecule has 0 amide bonds. The van der Waals surface area contributed by atoms with E-state index < -0.39 is 0 Å². The molecule has 0 bridgehead atoms. The summed E-state index contributed by atoms with van der Waals surface area (Å²) < 4.78 is 10.9. The lowest BCUT2D eigenvalue weighted by Gasteiger charge is -2.43. The largest absolute Gasteiger partial charge is 0.454 e. The second-order valence-electron chi connectivity index (χ2n) is 6.87. The summed E-state index contributed by atoms with van der Waals surface area (Å²) in [6.45, 7) is 3.66. The molecule has 0 aromatic heterocycles. The maximum atomic E-state index is 5.52. The fraction of sp³-hybridized carbons (Fsp3) is 0.400. The lowest BCUT2D eigenvalue weighted by molar-refractivity contribution is 0.174. The summed E-state index contributed by atoms with van der Waals surface area (Å²) in [6, 6.07) is 13.8. The van der Waals surface area contributed by atoms with Crippen LogP contribution in [0.15, 0.2) is 36.4 Å². The maximum Gasteiger partial charge on any atom is 0.231 e. The van der Waals surface area contributed by atoms with Gasteiger partial charge in [-0.1, -0.05) is 18.2 Å². The van der Waals surface area contributed by atoms with E-state index >= 15 is 0 Å². The Hall–Kier alpha value is -2.20. The number of piperazine rings is 1. The van der Waals surface area contributed by atoms with Crippen LogP contribution in [0.2, 0.25) is 0 Å². The minimum atomic E-state index is 0.337. The third kappa shape index (κ3) is 2.33. The van der Waals surface area contributed by atoms with E-state index in [0.29, 0.717) is 12.8 Å². The van der Waals surface area contributed by atoms with Gasteiger partial charge in [0.05, 0.1) is 0 Å². The first-order valence-electron chi connectivity index (χ1n) is 8.85. The van der Waals surface area contributed by atoms with E-state index in [4.69, 9.17) is 9.47 Å². The molecule has 0 radical (unpaired) electrons. The van der Waals surface area contributed by atoms with E-state index in [2.05, 4.69) is 40.5 Å². The number of benzene rings is 2. The zero-order chi connectivity index (χ0) is 15.9. The van der Waals surface area contributed by atoms with Crippen molar-refractivity contribution in [3.05, 3.63) is 53.1 Å². The normalized spacial score (nSPS) is 21.3. The highest BCUT2D eigenvalue weighted by molar-refractivity contribution is 5.61. The van der Waals surface area contributed by atoms with Crippen LogP contribution in [0.25, 0.3) is 0 Å². The van der Waals surface area contributed by atoms with Gasteiger partial charge in [-0.3, -0.25) is 0 Å². The Morgan fingerprint density at radius 1 is 1.12 bits per heavy atom. The van der Waals surface area contributed by atoms with Crippen LogP contribution >= 0.6 is 0 Å². The zero-order valence-electron chi connectivity index (χ0n) is 13.8. The summed E-state index contributed by atoms with van der Waals surface area (Å²) in [5.41, 5.74) is 5.72. The SMILES string of the molecule is c1cc(Cc2ccc3c(c2)OCO3)c2c(c1)N1CCNCC1CC2. The van der Waals surface area contributed by atoms with Crippen molar-refractivity contribution in [2.45, 2.75) is 25.3 Å². The van der Waals surface area contributed by atoms with Gasteiger partial charge in [0.1, 0.15) is 0 Å². The molecule has 1 atom stereocenters. The first-order chi connectivity index (χ1) is 11.9. The van der Waals surface area contributed by atoms with E-state index in [0.717, 1.165) is 37.6 Å². The minimum Gasteiger partial charge on any atom is -0.454 e. The van der Waals surface area contributed by atoms with Gasteiger partial charge in [0, 0.05) is 31.4 Å². The van der Waals surface area contributed by atoms with Crippen LogP contribution < -0.4 is 19.7 Å². The van der Waals surface area contributed by atoms with E-state index in [1.807, 2.05) is 6.07 Å². The zero-order valence-corrected chi connectivity index (χ0v) is 13.8. The van der Waals surface area contributed by atoms with Gasteiger partial charge in [0.2, 0.25) is 6.79 Å². The molecule has 3 aliphatic rings. The van der Waals surface area contributed by atoms with Gasteiger partial charge in [-0.25, -0.2) is 0 Å². The number of hydrogen-bond acceptors (Lipinski definition) is 4. The Kier molecular flexibility index (Phi) is 3.37. The van der Waals surface area contributed by atoms with Crippen LogP contribution in [0, 0.1) is 0 Å². The van der Waals surface area contributed by atoms with E-state index in [9.17, 15) is 0 Å². The Bertz CT molecular complexity index is 774. The second kappa shape index (κ2) is 5.71. The molecule has 124 valence electrons. The average Bonchev–Trinajstić information content (AvgIpc) is 3.09. The van der Waals surface area contributed by atoms with Crippen LogP contribution in [0.3, 0.4) is 0 Å². The van der Waals surface area contributed by atoms with E-state index in [1.54, 1.807) is 0 Å². The van der Waals surface area contributed by atoms with Crippen molar-refractivity contribution in [2.24, 2.45) is 0 Å². The maximum absolute atomic E-state index is 5.52. The highest BCUT2D eigenvalue weighted by Gasteiger charge is 2.29. The molecule has 1 N–H and O–H groups in total. The van der Waals surface area contributed by atoms with Crippen LogP contribution in [0.1, 0.15) is 23.1 Å². The van der Waals surface area contributed by atoms with Crippen LogP contribution in [0.5, 0.6) is 11.5 Å². The van der Waals surface area contributed by atoms with Gasteiger partial charge in [-0.2, -0.15) is 0 Å². The summed E-state index contributed by atoms with van der Waals surface area (Å²) in [7, 11) is 0. The lowest BCUT2D eigenvalue weighted by atomic mass is 9.88. The van der Waals surface area contributed by atoms with Crippen LogP contribution in [0.4, 0.5) is 5.69 Å². The molecular formula is C20H22N2O2. The van der Waals surface area contributed by atoms with Crippen LogP contribution in [-0.2, 0) is 12.8 Å². The van der Waals surface area contributed by atoms with Crippen molar-refractivity contribution in [1.82, 2.24) is 5.32 Å². The summed E-state index contributed by atoms with van der Waals surface area (Å²) in [5, 5.41) is 3.53. The van der Waals surface area contributed by atoms with Gasteiger partial charge < -0.3 is 19.7 Å². The van der Waals surface area contributed by atoms with Crippen molar-refractivity contribution in [3.8, 4) is 11.5 Å². The molecule has 2 aromatic carbocycles. The number of anilines is 1. The molecule has 0 aliphatic carbocycles. The third-order valence-electron chi connectivity index (χ3n) is 5.47. The molecule has 0 saturated carbocycles. The first-order valence-corrected chi connectivity index (χ1v) is 8.85. The van der Waals surface area contributed by atoms with Crippen LogP contribution in [-0.4, -0.2) is 32.5 Å². The predicted octanol–water partition coefficient (Wildman–Crippen LogP) is 2.73. The molecule has 2 aromatic rings. The average molecular weight is 322 g/mol. The Balaban J connectivity index is 1.47. The Morgan fingerprint density at radius 3 is 3.08 bits per heavy atom. The van der Waals surface area contributed by atoms with Crippen molar-refractivity contribution in [3.63, 3.8) is 0 Å². The topological polar surface area (TPSA) is 33.7 Å². The smallest absolute Gasteiger partial charge is 0.231 e. The Labute approximate surface area is 142 Å². The van der Waals surface area contributed by atoms with Gasteiger partial charge in [0.15, 0.2) is 11.5 Å². The van der Waals surface area contributed by atoms with E-state index in [1.165, 1.54) is 35.2 Å². The minimum absolute atomic E-state index is 0.337. The lowest BCUT2D eigenvalue weighted by Crippen LogP contribution is -2.53. The summed E-state index contributed by atoms with van der Waals surface area (Å²) in [4.78, 5) is 2.61. The van der Waals surface area contributed by atoms with Gasteiger partial charge in [-0.15, -0.1) is 0 Å². The molecule has 0 spiro atoms. The molecule has 4 nitrogen and oxygen atoms in total. The fourth-order valence-electron chi connectivity index (χ4n) is 4.26. The Morgan fingerprint density at radius 2 is 2.08 bits per heavy atom. The number of fused-ring (bicyclic) bond motifs is 4. The number of nitrogens with one attached hydrogen (secondary N) is 1. The van der Waals surface area contributed by atoms with Crippen molar-refractivity contribution >= 4 is 5.69 Å². The first kappa shape index (κ1) is 14.2. The molecule has 4 heteroatoms. The van der Waals surface area contributed by atoms with Gasteiger partial charge in [0.25, 0.3) is 0 Å². The highest BCUT2D eigenvalue weighted by Crippen LogP contribution is 2.36. The number of ether oxygens (including phenoxy) is 2. The summed E-state index contributed by atoms with van der Waals surface area (Å²) in [6.07, 6.45) is 3.38. The third-order valence-corrected chi connectivity index (χ3v) is 5.47. The molecule has 3 heterocycles. The molecular weight excluding hydrogens is 300 g/mol. The highest BCUT2D eigenvalue weighted by atomic mass is 16.7. The monoisotopic (exact) mass is 322 g/mol. The molecule has 5 rings (SSSR count). The van der Waals surface area contributed by atoms with Crippen molar-refractivity contribution in [2.75, 3.05) is 31.3 Å². The second-order valence-corrected chi connectivity index (χ2v) is 6.87. The summed E-state index contributed by atoms with van der Waals surface area (Å²) in [5.74, 6) is 1.73. The molecule has 1 unspecified atom stereocenters. The van der Waals surface area contributed by atoms with Gasteiger partial charge in [-0.05, 0) is 54.2 Å². The van der Waals surface area contributed by atoms with E-state index in [-0.39, 0.29) is 0 Å². The van der Waals surface area contributed by atoms with Crippen molar-refractivity contribution in [1.29, 1.82) is 0 Å². The van der Waals surface area contributed by atoms with Crippen molar-refractivity contribution < 1.29 is 9.47 Å². The predicted molar refractivity (Wildman–Crippen MR) is 94.1 cm³/mol. The van der Waals surface area contributed by atoms with Gasteiger partial charge >= 0.3 is 0 Å². The summed E-state index contributed by atoms with van der Waals surface area (Å²) >= 11 is 0. The standard InChI is InChI=1S/C20H22N2O2/c1-2-15(10-14-4-7-19-20(11-14)24-13-23-19)17-6-5-16-12-21-8-9-22(16)18(17)3-1/h1-4,7,11,16,21H,5-6,8-10,12-13H2. The quantitative estimate of drug-likeness (QED) is 0.922. The molecule has 1 saturated heterocycles. The molecule has 24 heavy (non-hydrogen) atoms. The fourth-order valence-corrected chi connectivity index (χ4v) is 4.26. The number of nitrogens with zero attached hydrogens (tertiary/aromatic N) is 1. The molecule has 1 fully saturated rings. The number of rotatable bonds is 2. The molecule has 3 aliphatic heterocycles.